The van der Waals surface area contributed by atoms with E-state index in [0.29, 0.717) is 27.2 Å². The highest BCUT2D eigenvalue weighted by Crippen LogP contribution is 2.44. The van der Waals surface area contributed by atoms with Crippen molar-refractivity contribution in [2.45, 2.75) is 19.0 Å². The fourth-order valence-electron chi connectivity index (χ4n) is 3.95. The summed E-state index contributed by atoms with van der Waals surface area (Å²) >= 11 is 6.33. The molecule has 0 spiro atoms. The largest absolute Gasteiger partial charge is 0.402 e. The normalized spacial score (nSPS) is 12.9. The van der Waals surface area contributed by atoms with Crippen LogP contribution in [0.5, 0.6) is 0 Å². The molecule has 170 valence electrons. The summed E-state index contributed by atoms with van der Waals surface area (Å²) in [6.45, 7) is 1.70. The third-order valence-electron chi connectivity index (χ3n) is 5.48. The topological polar surface area (TPSA) is 90.5 Å². The van der Waals surface area contributed by atoms with Gasteiger partial charge in [0.25, 0.3) is 0 Å². The molecule has 0 aliphatic carbocycles. The Morgan fingerprint density at radius 2 is 1.68 bits per heavy atom. The summed E-state index contributed by atoms with van der Waals surface area (Å²) in [5.41, 5.74) is 7.76. The van der Waals surface area contributed by atoms with Crippen molar-refractivity contribution in [3.05, 3.63) is 83.0 Å². The molecule has 0 amide bonds. The number of anilines is 1. The van der Waals surface area contributed by atoms with E-state index >= 15 is 0 Å². The van der Waals surface area contributed by atoms with Crippen LogP contribution in [-0.2, 0) is 0 Å². The van der Waals surface area contributed by atoms with Crippen molar-refractivity contribution in [2.24, 2.45) is 0 Å². The second-order valence-electron chi connectivity index (χ2n) is 7.69. The number of aryl methyl sites for hydroxylation is 1. The molecule has 4 aromatic heterocycles. The Labute approximate surface area is 196 Å². The number of aromatic nitrogens is 5. The van der Waals surface area contributed by atoms with Crippen LogP contribution in [0.3, 0.4) is 0 Å². The summed E-state index contributed by atoms with van der Waals surface area (Å²) in [4.78, 5) is 21.1. The van der Waals surface area contributed by atoms with Crippen LogP contribution in [0.2, 0.25) is 5.02 Å². The van der Waals surface area contributed by atoms with Gasteiger partial charge in [-0.05, 0) is 48.9 Å². The van der Waals surface area contributed by atoms with E-state index in [1.165, 1.54) is 12.3 Å². The lowest BCUT2D eigenvalue weighted by Gasteiger charge is -2.23. The summed E-state index contributed by atoms with van der Waals surface area (Å²) in [6.07, 6.45) is -1.71. The lowest BCUT2D eigenvalue weighted by atomic mass is 9.91. The highest BCUT2D eigenvalue weighted by molar-refractivity contribution is 6.35. The average Bonchev–Trinajstić information content (AvgIpc) is 2.79. The standard InChI is InChI=1S/C24H16ClF3N6/c1-12-14(6-3-9-30-12)20-15(11-13-5-2-7-16(25)19(13)33-20)18(24(26,27)28)23-32-17-8-4-10-31-21(17)22(29)34-23/h2-11,18H,1H3,(H2,29,32,34)/t18-/m1/s1. The fourth-order valence-corrected chi connectivity index (χ4v) is 4.17. The summed E-state index contributed by atoms with van der Waals surface area (Å²) in [5.74, 6) is -2.83. The number of halogens is 4. The van der Waals surface area contributed by atoms with Gasteiger partial charge in [-0.1, -0.05) is 23.7 Å². The van der Waals surface area contributed by atoms with Crippen LogP contribution in [0.1, 0.15) is 23.0 Å². The van der Waals surface area contributed by atoms with Gasteiger partial charge in [-0.3, -0.25) is 9.97 Å². The van der Waals surface area contributed by atoms with E-state index in [1.54, 1.807) is 55.6 Å². The summed E-state index contributed by atoms with van der Waals surface area (Å²) in [6, 6.07) is 12.8. The molecule has 1 aromatic carbocycles. The highest BCUT2D eigenvalue weighted by Gasteiger charge is 2.46. The predicted octanol–water partition coefficient (Wildman–Crippen LogP) is 5.87. The maximum atomic E-state index is 14.7. The lowest BCUT2D eigenvalue weighted by Crippen LogP contribution is -2.25. The first-order valence-electron chi connectivity index (χ1n) is 10.2. The molecule has 5 aromatic rings. The van der Waals surface area contributed by atoms with Crippen molar-refractivity contribution in [1.29, 1.82) is 0 Å². The second kappa shape index (κ2) is 8.18. The molecule has 34 heavy (non-hydrogen) atoms. The quantitative estimate of drug-likeness (QED) is 0.347. The average molecular weight is 481 g/mol. The molecule has 2 N–H and O–H groups in total. The van der Waals surface area contributed by atoms with Crippen LogP contribution in [0.15, 0.2) is 60.9 Å². The maximum absolute atomic E-state index is 14.7. The Kier molecular flexibility index (Phi) is 5.28. The van der Waals surface area contributed by atoms with Gasteiger partial charge < -0.3 is 5.73 Å². The first-order valence-corrected chi connectivity index (χ1v) is 10.6. The van der Waals surface area contributed by atoms with Crippen LogP contribution < -0.4 is 5.73 Å². The SMILES string of the molecule is Cc1ncccc1-c1nc2c(Cl)cccc2cc1[C@H](c1nc(N)c2ncccc2n1)C(F)(F)F. The minimum atomic E-state index is -4.75. The Bertz CT molecular complexity index is 1550. The highest BCUT2D eigenvalue weighted by atomic mass is 35.5. The molecular weight excluding hydrogens is 465 g/mol. The molecule has 0 aliphatic rings. The van der Waals surface area contributed by atoms with Gasteiger partial charge in [0.2, 0.25) is 0 Å². The van der Waals surface area contributed by atoms with Gasteiger partial charge in [-0.25, -0.2) is 15.0 Å². The molecule has 5 rings (SSSR count). The molecule has 0 saturated carbocycles. The van der Waals surface area contributed by atoms with Crippen LogP contribution in [0, 0.1) is 6.92 Å². The van der Waals surface area contributed by atoms with Crippen LogP contribution >= 0.6 is 11.6 Å². The maximum Gasteiger partial charge on any atom is 0.402 e. The minimum Gasteiger partial charge on any atom is -0.382 e. The van der Waals surface area contributed by atoms with Gasteiger partial charge in [0, 0.05) is 29.0 Å². The molecule has 0 fully saturated rings. The van der Waals surface area contributed by atoms with Gasteiger partial charge in [-0.15, -0.1) is 0 Å². The molecule has 0 bridgehead atoms. The van der Waals surface area contributed by atoms with Crippen molar-refractivity contribution < 1.29 is 13.2 Å². The zero-order valence-corrected chi connectivity index (χ0v) is 18.4. The van der Waals surface area contributed by atoms with Crippen molar-refractivity contribution in [3.8, 4) is 11.3 Å². The Hall–Kier alpha value is -3.85. The number of alkyl halides is 3. The van der Waals surface area contributed by atoms with Crippen LogP contribution in [0.4, 0.5) is 19.0 Å². The zero-order chi connectivity index (χ0) is 24.0. The third-order valence-corrected chi connectivity index (χ3v) is 5.79. The molecule has 0 aliphatic heterocycles. The molecule has 0 unspecified atom stereocenters. The fraction of sp³-hybridized carbons (Fsp3) is 0.125. The summed E-state index contributed by atoms with van der Waals surface area (Å²) < 4.78 is 44.1. The zero-order valence-electron chi connectivity index (χ0n) is 17.7. The van der Waals surface area contributed by atoms with Gasteiger partial charge in [-0.2, -0.15) is 13.2 Å². The molecule has 6 nitrogen and oxygen atoms in total. The Balaban J connectivity index is 1.86. The molecule has 0 radical (unpaired) electrons. The van der Waals surface area contributed by atoms with Crippen molar-refractivity contribution in [3.63, 3.8) is 0 Å². The number of fused-ring (bicyclic) bond motifs is 2. The third kappa shape index (κ3) is 3.77. The summed E-state index contributed by atoms with van der Waals surface area (Å²) in [7, 11) is 0. The van der Waals surface area contributed by atoms with E-state index < -0.39 is 17.9 Å². The number of rotatable bonds is 3. The van der Waals surface area contributed by atoms with E-state index in [1.807, 2.05) is 0 Å². The molecule has 0 saturated heterocycles. The molecule has 4 heterocycles. The number of para-hydroxylation sites is 1. The van der Waals surface area contributed by atoms with Crippen molar-refractivity contribution >= 4 is 39.4 Å². The molecule has 10 heteroatoms. The minimum absolute atomic E-state index is 0.0991. The van der Waals surface area contributed by atoms with E-state index in [4.69, 9.17) is 17.3 Å². The molecule has 1 atom stereocenters. The van der Waals surface area contributed by atoms with Gasteiger partial charge in [0.15, 0.2) is 5.82 Å². The van der Waals surface area contributed by atoms with Crippen molar-refractivity contribution in [2.75, 3.05) is 5.73 Å². The number of nitrogens with zero attached hydrogens (tertiary/aromatic N) is 5. The summed E-state index contributed by atoms with van der Waals surface area (Å²) in [5, 5.41) is 0.783. The van der Waals surface area contributed by atoms with E-state index in [0.717, 1.165) is 0 Å². The van der Waals surface area contributed by atoms with Crippen molar-refractivity contribution in [1.82, 2.24) is 24.9 Å². The molecular formula is C24H16ClF3N6. The Morgan fingerprint density at radius 1 is 0.912 bits per heavy atom. The van der Waals surface area contributed by atoms with Crippen LogP contribution in [0.25, 0.3) is 33.2 Å². The van der Waals surface area contributed by atoms with Gasteiger partial charge in [0.05, 0.1) is 21.7 Å². The monoisotopic (exact) mass is 480 g/mol. The number of nitrogens with two attached hydrogens (primary N) is 1. The first kappa shape index (κ1) is 22.0. The first-order chi connectivity index (χ1) is 16.2. The predicted molar refractivity (Wildman–Crippen MR) is 124 cm³/mol. The van der Waals surface area contributed by atoms with E-state index in [-0.39, 0.29) is 28.1 Å². The number of nitrogen functional groups attached to an aromatic ring is 1. The van der Waals surface area contributed by atoms with E-state index in [2.05, 4.69) is 24.9 Å². The van der Waals surface area contributed by atoms with Crippen LogP contribution in [-0.4, -0.2) is 31.1 Å². The number of hydrogen-bond acceptors (Lipinski definition) is 6. The Morgan fingerprint density at radius 3 is 2.44 bits per heavy atom. The lowest BCUT2D eigenvalue weighted by molar-refractivity contribution is -0.142. The second-order valence-corrected chi connectivity index (χ2v) is 8.09. The smallest absolute Gasteiger partial charge is 0.382 e. The number of hydrogen-bond donors (Lipinski definition) is 1. The van der Waals surface area contributed by atoms with E-state index in [9.17, 15) is 13.2 Å². The number of pyridine rings is 3. The van der Waals surface area contributed by atoms with Gasteiger partial charge in [0.1, 0.15) is 17.3 Å². The van der Waals surface area contributed by atoms with Gasteiger partial charge >= 0.3 is 6.18 Å². The number of benzene rings is 1.